The Labute approximate surface area is 110 Å². The van der Waals surface area contributed by atoms with E-state index in [1.807, 2.05) is 12.1 Å². The van der Waals surface area contributed by atoms with E-state index in [0.717, 1.165) is 24.0 Å². The number of fused-ring (bicyclic) bond motifs is 1. The summed E-state index contributed by atoms with van der Waals surface area (Å²) in [5.74, 6) is 0.570. The Kier molecular flexibility index (Phi) is 2.60. The second kappa shape index (κ2) is 4.06. The summed E-state index contributed by atoms with van der Waals surface area (Å²) in [5, 5.41) is 9.32. The van der Waals surface area contributed by atoms with E-state index in [4.69, 9.17) is 4.42 Å². The van der Waals surface area contributed by atoms with E-state index in [1.165, 1.54) is 0 Å². The van der Waals surface area contributed by atoms with E-state index in [9.17, 15) is 9.90 Å². The molecular weight excluding hydrogens is 244 g/mol. The van der Waals surface area contributed by atoms with Crippen molar-refractivity contribution in [1.82, 2.24) is 4.98 Å². The van der Waals surface area contributed by atoms with Gasteiger partial charge in [0.2, 0.25) is 5.91 Å². The first-order chi connectivity index (χ1) is 9.05. The number of aliphatic hydroxyl groups is 1. The molecule has 0 atom stereocenters. The summed E-state index contributed by atoms with van der Waals surface area (Å²) in [6.07, 6.45) is 1.52. The number of hydrogen-bond acceptors (Lipinski definition) is 4. The van der Waals surface area contributed by atoms with Crippen LogP contribution in [-0.2, 0) is 4.79 Å². The van der Waals surface area contributed by atoms with Gasteiger partial charge in [0.05, 0.1) is 12.0 Å². The molecule has 1 N–H and O–H groups in total. The fourth-order valence-corrected chi connectivity index (χ4v) is 2.30. The molecule has 1 aromatic carbocycles. The molecule has 5 nitrogen and oxygen atoms in total. The number of aliphatic hydroxyl groups excluding tert-OH is 1. The van der Waals surface area contributed by atoms with Gasteiger partial charge in [-0.05, 0) is 25.0 Å². The van der Waals surface area contributed by atoms with E-state index in [1.54, 1.807) is 24.9 Å². The fourth-order valence-electron chi connectivity index (χ4n) is 2.30. The number of oxazole rings is 1. The van der Waals surface area contributed by atoms with Crippen molar-refractivity contribution in [2.75, 3.05) is 18.6 Å². The third-order valence-corrected chi connectivity index (χ3v) is 3.78. The number of aryl methyl sites for hydroxylation is 1. The van der Waals surface area contributed by atoms with Crippen LogP contribution in [0.25, 0.3) is 11.1 Å². The quantitative estimate of drug-likeness (QED) is 0.914. The number of amides is 1. The molecule has 2 aromatic rings. The number of carbonyl (C=O) groups is 1. The first kappa shape index (κ1) is 12.2. The minimum atomic E-state index is -0.555. The van der Waals surface area contributed by atoms with Crippen molar-refractivity contribution in [3.8, 4) is 0 Å². The summed E-state index contributed by atoms with van der Waals surface area (Å²) in [6.45, 7) is 1.71. The molecule has 0 radical (unpaired) electrons. The average Bonchev–Trinajstić information content (AvgIpc) is 3.12. The Morgan fingerprint density at radius 3 is 2.89 bits per heavy atom. The van der Waals surface area contributed by atoms with Crippen molar-refractivity contribution >= 4 is 22.7 Å². The third-order valence-electron chi connectivity index (χ3n) is 3.78. The largest absolute Gasteiger partial charge is 0.441 e. The van der Waals surface area contributed by atoms with Crippen molar-refractivity contribution in [2.45, 2.75) is 19.8 Å². The fraction of sp³-hybridized carbons (Fsp3) is 0.429. The summed E-state index contributed by atoms with van der Waals surface area (Å²) in [5.41, 5.74) is 1.66. The number of carbonyl (C=O) groups excluding carboxylic acids is 1. The summed E-state index contributed by atoms with van der Waals surface area (Å²) in [4.78, 5) is 18.1. The average molecular weight is 260 g/mol. The van der Waals surface area contributed by atoms with E-state index in [2.05, 4.69) is 4.98 Å². The van der Waals surface area contributed by atoms with Crippen LogP contribution in [0.1, 0.15) is 18.7 Å². The topological polar surface area (TPSA) is 66.6 Å². The predicted octanol–water partition coefficient (Wildman–Crippen LogP) is 1.87. The number of rotatable bonds is 3. The maximum absolute atomic E-state index is 12.3. The van der Waals surface area contributed by atoms with Crippen molar-refractivity contribution < 1.29 is 14.3 Å². The molecule has 1 fully saturated rings. The second-order valence-electron chi connectivity index (χ2n) is 5.19. The van der Waals surface area contributed by atoms with E-state index >= 15 is 0 Å². The molecule has 1 aromatic heterocycles. The molecule has 19 heavy (non-hydrogen) atoms. The molecule has 1 aliphatic carbocycles. The SMILES string of the molecule is Cc1nc2ccc(N(C)C(=O)C3(CO)CC3)cc2o1. The van der Waals surface area contributed by atoms with Crippen molar-refractivity contribution in [3.63, 3.8) is 0 Å². The Bertz CT molecular complexity index is 643. The van der Waals surface area contributed by atoms with Crippen molar-refractivity contribution in [1.29, 1.82) is 0 Å². The van der Waals surface area contributed by atoms with Gasteiger partial charge in [0.1, 0.15) is 5.52 Å². The number of nitrogens with zero attached hydrogens (tertiary/aromatic N) is 2. The Balaban J connectivity index is 1.93. The molecule has 0 spiro atoms. The van der Waals surface area contributed by atoms with E-state index < -0.39 is 5.41 Å². The normalized spacial score (nSPS) is 16.6. The van der Waals surface area contributed by atoms with Crippen molar-refractivity contribution in [2.24, 2.45) is 5.41 Å². The lowest BCUT2D eigenvalue weighted by atomic mass is 10.1. The van der Waals surface area contributed by atoms with Crippen LogP contribution in [-0.4, -0.2) is 29.7 Å². The number of hydrogen-bond donors (Lipinski definition) is 1. The molecule has 5 heteroatoms. The molecule has 0 aliphatic heterocycles. The number of anilines is 1. The molecule has 0 saturated heterocycles. The molecule has 100 valence electrons. The van der Waals surface area contributed by atoms with Crippen LogP contribution < -0.4 is 4.90 Å². The van der Waals surface area contributed by atoms with Gasteiger partial charge >= 0.3 is 0 Å². The second-order valence-corrected chi connectivity index (χ2v) is 5.19. The van der Waals surface area contributed by atoms with Gasteiger partial charge in [0.25, 0.3) is 0 Å². The molecule has 1 aliphatic rings. The monoisotopic (exact) mass is 260 g/mol. The Hall–Kier alpha value is -1.88. The zero-order valence-electron chi connectivity index (χ0n) is 11.0. The number of benzene rings is 1. The standard InChI is InChI=1S/C14H16N2O3/c1-9-15-11-4-3-10(7-12(11)19-9)16(2)13(18)14(8-17)5-6-14/h3-4,7,17H,5-6,8H2,1-2H3. The van der Waals surface area contributed by atoms with Crippen LogP contribution in [0.5, 0.6) is 0 Å². The smallest absolute Gasteiger partial charge is 0.235 e. The molecule has 1 heterocycles. The van der Waals surface area contributed by atoms with Crippen molar-refractivity contribution in [3.05, 3.63) is 24.1 Å². The first-order valence-electron chi connectivity index (χ1n) is 6.32. The van der Waals surface area contributed by atoms with Gasteiger partial charge < -0.3 is 14.4 Å². The maximum Gasteiger partial charge on any atom is 0.235 e. The maximum atomic E-state index is 12.3. The lowest BCUT2D eigenvalue weighted by Crippen LogP contribution is -2.36. The van der Waals surface area contributed by atoms with Crippen LogP contribution >= 0.6 is 0 Å². The Morgan fingerprint density at radius 2 is 2.26 bits per heavy atom. The molecule has 0 bridgehead atoms. The highest BCUT2D eigenvalue weighted by Gasteiger charge is 2.50. The molecule has 1 saturated carbocycles. The van der Waals surface area contributed by atoms with Gasteiger partial charge in [-0.3, -0.25) is 4.79 Å². The van der Waals surface area contributed by atoms with Gasteiger partial charge in [-0.1, -0.05) is 0 Å². The summed E-state index contributed by atoms with van der Waals surface area (Å²) in [7, 11) is 1.72. The van der Waals surface area contributed by atoms with Crippen LogP contribution in [0.4, 0.5) is 5.69 Å². The van der Waals surface area contributed by atoms with Crippen LogP contribution in [0.2, 0.25) is 0 Å². The van der Waals surface area contributed by atoms with Gasteiger partial charge in [-0.25, -0.2) is 4.98 Å². The van der Waals surface area contributed by atoms with Crippen LogP contribution in [0.15, 0.2) is 22.6 Å². The zero-order chi connectivity index (χ0) is 13.6. The van der Waals surface area contributed by atoms with Gasteiger partial charge in [-0.15, -0.1) is 0 Å². The zero-order valence-corrected chi connectivity index (χ0v) is 11.0. The summed E-state index contributed by atoms with van der Waals surface area (Å²) in [6, 6.07) is 5.49. The van der Waals surface area contributed by atoms with Crippen LogP contribution in [0, 0.1) is 12.3 Å². The van der Waals surface area contributed by atoms with Crippen LogP contribution in [0.3, 0.4) is 0 Å². The minimum Gasteiger partial charge on any atom is -0.441 e. The lowest BCUT2D eigenvalue weighted by Gasteiger charge is -2.22. The Morgan fingerprint density at radius 1 is 1.53 bits per heavy atom. The molecule has 3 rings (SSSR count). The first-order valence-corrected chi connectivity index (χ1v) is 6.32. The summed E-state index contributed by atoms with van der Waals surface area (Å²) < 4.78 is 5.47. The highest BCUT2D eigenvalue weighted by atomic mass is 16.3. The lowest BCUT2D eigenvalue weighted by molar-refractivity contribution is -0.124. The molecular formula is C14H16N2O3. The third kappa shape index (κ3) is 1.90. The van der Waals surface area contributed by atoms with Gasteiger partial charge in [0.15, 0.2) is 11.5 Å². The van der Waals surface area contributed by atoms with Gasteiger partial charge in [-0.2, -0.15) is 0 Å². The predicted molar refractivity (Wildman–Crippen MR) is 70.9 cm³/mol. The number of aromatic nitrogens is 1. The van der Waals surface area contributed by atoms with E-state index in [-0.39, 0.29) is 12.5 Å². The highest BCUT2D eigenvalue weighted by Crippen LogP contribution is 2.47. The van der Waals surface area contributed by atoms with Gasteiger partial charge in [0, 0.05) is 25.7 Å². The molecule has 1 amide bonds. The van der Waals surface area contributed by atoms with E-state index in [0.29, 0.717) is 11.5 Å². The summed E-state index contributed by atoms with van der Waals surface area (Å²) >= 11 is 0. The highest BCUT2D eigenvalue weighted by molar-refractivity contribution is 6.00. The minimum absolute atomic E-state index is 0.0365. The molecule has 0 unspecified atom stereocenters.